The number of amides is 2. The predicted molar refractivity (Wildman–Crippen MR) is 138 cm³/mol. The van der Waals surface area contributed by atoms with Crippen molar-refractivity contribution in [3.63, 3.8) is 0 Å². The molecule has 41 heavy (non-hydrogen) atoms. The minimum absolute atomic E-state index is 0.0235. The average Bonchev–Trinajstić information content (AvgIpc) is 3.49. The molecular formula is C28H32F4N6O3. The first kappa shape index (κ1) is 27.6. The van der Waals surface area contributed by atoms with Crippen molar-refractivity contribution in [1.29, 1.82) is 0 Å². The molecule has 9 nitrogen and oxygen atoms in total. The van der Waals surface area contributed by atoms with Gasteiger partial charge in [-0.15, -0.1) is 0 Å². The molecule has 0 radical (unpaired) electrons. The maximum Gasteiger partial charge on any atom is 0.276 e. The molecule has 2 amide bonds. The monoisotopic (exact) mass is 576 g/mol. The third-order valence-corrected chi connectivity index (χ3v) is 8.54. The number of fused-ring (bicyclic) bond motifs is 1. The first-order valence-electron chi connectivity index (χ1n) is 14.1. The summed E-state index contributed by atoms with van der Waals surface area (Å²) in [4.78, 5) is 33.6. The number of halogens is 4. The van der Waals surface area contributed by atoms with E-state index < -0.39 is 29.7 Å². The molecule has 3 aliphatic carbocycles. The zero-order valence-corrected chi connectivity index (χ0v) is 22.6. The highest BCUT2D eigenvalue weighted by molar-refractivity contribution is 5.93. The van der Waals surface area contributed by atoms with Crippen LogP contribution in [0, 0.1) is 24.7 Å². The van der Waals surface area contributed by atoms with Crippen molar-refractivity contribution >= 4 is 22.8 Å². The maximum atomic E-state index is 14.4. The van der Waals surface area contributed by atoms with E-state index in [2.05, 4.69) is 35.5 Å². The minimum atomic E-state index is -2.85. The van der Waals surface area contributed by atoms with Crippen LogP contribution in [0.1, 0.15) is 97.4 Å². The third kappa shape index (κ3) is 6.08. The Labute approximate surface area is 233 Å². The van der Waals surface area contributed by atoms with Crippen molar-refractivity contribution in [3.8, 4) is 0 Å². The molecule has 3 N–H and O–H groups in total. The van der Waals surface area contributed by atoms with Crippen molar-refractivity contribution < 1.29 is 31.8 Å². The molecule has 13 heteroatoms. The largest absolute Gasteiger partial charge is 0.349 e. The number of nitrogens with one attached hydrogen (secondary N) is 3. The van der Waals surface area contributed by atoms with E-state index in [0.29, 0.717) is 29.7 Å². The van der Waals surface area contributed by atoms with Crippen LogP contribution in [0.4, 0.5) is 17.6 Å². The molecule has 2 aromatic heterocycles. The molecule has 6 rings (SSSR count). The predicted octanol–water partition coefficient (Wildman–Crippen LogP) is 5.55. The van der Waals surface area contributed by atoms with Crippen LogP contribution < -0.4 is 10.6 Å². The summed E-state index contributed by atoms with van der Waals surface area (Å²) in [5, 5.41) is 13.1. The molecule has 2 heterocycles. The fourth-order valence-electron chi connectivity index (χ4n) is 6.27. The summed E-state index contributed by atoms with van der Waals surface area (Å²) >= 11 is 0. The number of benzene rings is 1. The number of alkyl halides is 4. The Balaban J connectivity index is 1.24. The average molecular weight is 577 g/mol. The van der Waals surface area contributed by atoms with Crippen LogP contribution in [-0.2, 0) is 4.79 Å². The van der Waals surface area contributed by atoms with Gasteiger partial charge >= 0.3 is 0 Å². The lowest BCUT2D eigenvalue weighted by Gasteiger charge is -2.34. The summed E-state index contributed by atoms with van der Waals surface area (Å²) in [5.41, 5.74) is 2.32. The van der Waals surface area contributed by atoms with Crippen LogP contribution in [-0.4, -0.2) is 43.9 Å². The van der Waals surface area contributed by atoms with Gasteiger partial charge < -0.3 is 15.6 Å². The summed E-state index contributed by atoms with van der Waals surface area (Å²) in [6, 6.07) is 4.42. The van der Waals surface area contributed by atoms with Gasteiger partial charge in [0.05, 0.1) is 23.1 Å². The number of aryl methyl sites for hydroxylation is 1. The molecule has 220 valence electrons. The summed E-state index contributed by atoms with van der Waals surface area (Å²) in [7, 11) is 0. The number of aromatic amines is 1. The van der Waals surface area contributed by atoms with Gasteiger partial charge in [0.25, 0.3) is 5.91 Å². The Hall–Kier alpha value is -3.51. The van der Waals surface area contributed by atoms with Gasteiger partial charge in [0.15, 0.2) is 5.69 Å². The second kappa shape index (κ2) is 10.4. The highest BCUT2D eigenvalue weighted by Gasteiger charge is 2.46. The molecule has 3 aliphatic rings. The van der Waals surface area contributed by atoms with Gasteiger partial charge in [0.2, 0.25) is 17.8 Å². The second-order valence-corrected chi connectivity index (χ2v) is 12.0. The summed E-state index contributed by atoms with van der Waals surface area (Å²) in [6.07, 6.45) is 1.67. The molecule has 0 spiro atoms. The van der Waals surface area contributed by atoms with Crippen molar-refractivity contribution in [2.45, 2.75) is 88.6 Å². The van der Waals surface area contributed by atoms with Gasteiger partial charge in [0.1, 0.15) is 11.5 Å². The Kier molecular flexibility index (Phi) is 7.01. The maximum absolute atomic E-state index is 14.4. The summed E-state index contributed by atoms with van der Waals surface area (Å²) in [6.45, 7) is 1.56. The number of carbonyl (C=O) groups is 2. The molecule has 3 saturated carbocycles. The Morgan fingerprint density at radius 1 is 1.02 bits per heavy atom. The SMILES string of the molecule is Cc1nonc1C(=O)N[C@H](c1nc2ccc(C(NC(=O)CC3CC(F)(F)C3)C3CC3)cc2[nH]1)[C@H]1CCCC(F)(F)C1. The molecule has 0 bridgehead atoms. The fourth-order valence-corrected chi connectivity index (χ4v) is 6.27. The number of carbonyl (C=O) groups excluding carboxylic acids is 2. The van der Waals surface area contributed by atoms with Crippen LogP contribution in [0.5, 0.6) is 0 Å². The van der Waals surface area contributed by atoms with Crippen LogP contribution in [0.15, 0.2) is 22.8 Å². The smallest absolute Gasteiger partial charge is 0.276 e. The fraction of sp³-hybridized carbons (Fsp3) is 0.607. The molecule has 0 aliphatic heterocycles. The van der Waals surface area contributed by atoms with E-state index in [9.17, 15) is 27.2 Å². The van der Waals surface area contributed by atoms with Crippen LogP contribution in [0.2, 0.25) is 0 Å². The van der Waals surface area contributed by atoms with Gasteiger partial charge in [-0.2, -0.15) is 0 Å². The number of hydrogen-bond donors (Lipinski definition) is 3. The lowest BCUT2D eigenvalue weighted by atomic mass is 9.79. The molecular weight excluding hydrogens is 544 g/mol. The summed E-state index contributed by atoms with van der Waals surface area (Å²) < 4.78 is 59.9. The molecule has 3 fully saturated rings. The number of hydrogen-bond acceptors (Lipinski definition) is 6. The lowest BCUT2D eigenvalue weighted by Crippen LogP contribution is -2.39. The Morgan fingerprint density at radius 2 is 1.80 bits per heavy atom. The molecule has 0 saturated heterocycles. The van der Waals surface area contributed by atoms with Gasteiger partial charge in [-0.05, 0) is 73.2 Å². The number of imidazole rings is 1. The molecule has 1 aromatic carbocycles. The first-order chi connectivity index (χ1) is 19.5. The van der Waals surface area contributed by atoms with Crippen LogP contribution >= 0.6 is 0 Å². The van der Waals surface area contributed by atoms with E-state index in [0.717, 1.165) is 18.4 Å². The topological polar surface area (TPSA) is 126 Å². The Morgan fingerprint density at radius 3 is 2.46 bits per heavy atom. The highest BCUT2D eigenvalue weighted by atomic mass is 19.3. The van der Waals surface area contributed by atoms with E-state index in [1.807, 2.05) is 12.1 Å². The van der Waals surface area contributed by atoms with Gasteiger partial charge in [0, 0.05) is 32.1 Å². The van der Waals surface area contributed by atoms with Crippen molar-refractivity contribution in [1.82, 2.24) is 30.9 Å². The first-order valence-corrected chi connectivity index (χ1v) is 14.1. The van der Waals surface area contributed by atoms with Gasteiger partial charge in [-0.25, -0.2) is 27.2 Å². The second-order valence-electron chi connectivity index (χ2n) is 12.0. The van der Waals surface area contributed by atoms with E-state index in [-0.39, 0.29) is 67.3 Å². The minimum Gasteiger partial charge on any atom is -0.349 e. The molecule has 3 atom stereocenters. The van der Waals surface area contributed by atoms with Gasteiger partial charge in [-0.1, -0.05) is 11.2 Å². The van der Waals surface area contributed by atoms with E-state index in [1.54, 1.807) is 13.0 Å². The molecule has 1 unspecified atom stereocenters. The van der Waals surface area contributed by atoms with Crippen molar-refractivity contribution in [3.05, 3.63) is 41.0 Å². The summed E-state index contributed by atoms with van der Waals surface area (Å²) in [5.74, 6) is -6.63. The number of rotatable bonds is 9. The van der Waals surface area contributed by atoms with Crippen LogP contribution in [0.25, 0.3) is 11.0 Å². The van der Waals surface area contributed by atoms with E-state index in [4.69, 9.17) is 0 Å². The number of aromatic nitrogens is 4. The lowest BCUT2D eigenvalue weighted by molar-refractivity contribution is -0.134. The zero-order valence-electron chi connectivity index (χ0n) is 22.6. The highest BCUT2D eigenvalue weighted by Crippen LogP contribution is 2.46. The normalized spacial score (nSPS) is 23.5. The standard InChI is InChI=1S/C28H32F4N6O3/c1-14-22(38-41-37-14)26(40)36-24(18-3-2-8-27(29,30)13-18)25-33-19-7-6-17(10-20(19)34-25)23(16-4-5-16)35-21(39)9-15-11-28(31,32)12-15/h6-7,10,15-16,18,23-24H,2-5,8-9,11-13H2,1H3,(H,33,34)(H,35,39)(H,36,40)/t18-,23?,24-/m0/s1. The van der Waals surface area contributed by atoms with E-state index >= 15 is 0 Å². The van der Waals surface area contributed by atoms with Crippen molar-refractivity contribution in [2.75, 3.05) is 0 Å². The van der Waals surface area contributed by atoms with Gasteiger partial charge in [-0.3, -0.25) is 9.59 Å². The number of nitrogens with zero attached hydrogens (tertiary/aromatic N) is 3. The zero-order chi connectivity index (χ0) is 28.9. The quantitative estimate of drug-likeness (QED) is 0.287. The number of H-pyrrole nitrogens is 1. The Bertz CT molecular complexity index is 1440. The molecule has 3 aromatic rings. The third-order valence-electron chi connectivity index (χ3n) is 8.54. The van der Waals surface area contributed by atoms with E-state index in [1.165, 1.54) is 0 Å². The van der Waals surface area contributed by atoms with Crippen LogP contribution in [0.3, 0.4) is 0 Å². The van der Waals surface area contributed by atoms with Crippen molar-refractivity contribution in [2.24, 2.45) is 17.8 Å².